The molecule has 0 aromatic heterocycles. The van der Waals surface area contributed by atoms with Gasteiger partial charge in [-0.15, -0.1) is 0 Å². The number of rotatable bonds is 7. The van der Waals surface area contributed by atoms with Gasteiger partial charge in [-0.25, -0.2) is 8.42 Å². The first-order chi connectivity index (χ1) is 9.34. The predicted molar refractivity (Wildman–Crippen MR) is 74.2 cm³/mol. The summed E-state index contributed by atoms with van der Waals surface area (Å²) in [5.41, 5.74) is -0.465. The molecular weight excluding hydrogens is 308 g/mol. The van der Waals surface area contributed by atoms with Gasteiger partial charge in [-0.3, -0.25) is 10.1 Å². The number of aliphatic hydroxyl groups is 1. The second-order valence-corrected chi connectivity index (χ2v) is 6.34. The van der Waals surface area contributed by atoms with Crippen molar-refractivity contribution in [3.63, 3.8) is 0 Å². The van der Waals surface area contributed by atoms with Crippen molar-refractivity contribution < 1.29 is 18.4 Å². The third kappa shape index (κ3) is 3.66. The van der Waals surface area contributed by atoms with Crippen LogP contribution in [-0.4, -0.2) is 42.4 Å². The third-order valence-electron chi connectivity index (χ3n) is 2.57. The standard InChI is InChI=1S/C11H15ClN2O5S/c1-2-5-13(6-7-15)20(18,19)9-3-4-10(12)11(8-9)14(16)17/h3-4,8,15H,2,5-7H2,1H3. The second kappa shape index (κ2) is 6.98. The lowest BCUT2D eigenvalue weighted by molar-refractivity contribution is -0.384. The SMILES string of the molecule is CCCN(CCO)S(=O)(=O)c1ccc(Cl)c([N+](=O)[O-])c1. The Morgan fingerprint density at radius 3 is 2.55 bits per heavy atom. The van der Waals surface area contributed by atoms with Gasteiger partial charge in [0.15, 0.2) is 0 Å². The highest BCUT2D eigenvalue weighted by molar-refractivity contribution is 7.89. The predicted octanol–water partition coefficient (Wildman–Crippen LogP) is 1.64. The van der Waals surface area contributed by atoms with Gasteiger partial charge in [-0.05, 0) is 18.6 Å². The van der Waals surface area contributed by atoms with Crippen LogP contribution in [0, 0.1) is 10.1 Å². The van der Waals surface area contributed by atoms with Crippen LogP contribution in [0.4, 0.5) is 5.69 Å². The molecule has 9 heteroatoms. The zero-order valence-electron chi connectivity index (χ0n) is 10.8. The lowest BCUT2D eigenvalue weighted by Crippen LogP contribution is -2.34. The minimum Gasteiger partial charge on any atom is -0.395 e. The van der Waals surface area contributed by atoms with E-state index in [4.69, 9.17) is 16.7 Å². The summed E-state index contributed by atoms with van der Waals surface area (Å²) in [6.45, 7) is 1.63. The fourth-order valence-corrected chi connectivity index (χ4v) is 3.39. The van der Waals surface area contributed by atoms with Crippen LogP contribution < -0.4 is 0 Å². The summed E-state index contributed by atoms with van der Waals surface area (Å²) in [6, 6.07) is 3.32. The minimum absolute atomic E-state index is 0.0629. The highest BCUT2D eigenvalue weighted by Gasteiger charge is 2.26. The Balaban J connectivity index is 3.26. The van der Waals surface area contributed by atoms with Crippen molar-refractivity contribution in [1.82, 2.24) is 4.31 Å². The fraction of sp³-hybridized carbons (Fsp3) is 0.455. The van der Waals surface area contributed by atoms with Crippen molar-refractivity contribution in [1.29, 1.82) is 0 Å². The van der Waals surface area contributed by atoms with Gasteiger partial charge in [-0.2, -0.15) is 4.31 Å². The van der Waals surface area contributed by atoms with E-state index in [9.17, 15) is 18.5 Å². The first kappa shape index (κ1) is 16.8. The lowest BCUT2D eigenvalue weighted by Gasteiger charge is -2.20. The van der Waals surface area contributed by atoms with Crippen molar-refractivity contribution in [2.24, 2.45) is 0 Å². The van der Waals surface area contributed by atoms with Crippen molar-refractivity contribution >= 4 is 27.3 Å². The average Bonchev–Trinajstić information content (AvgIpc) is 2.38. The number of hydrogen-bond acceptors (Lipinski definition) is 5. The highest BCUT2D eigenvalue weighted by atomic mass is 35.5. The molecular formula is C11H15ClN2O5S. The summed E-state index contributed by atoms with van der Waals surface area (Å²) in [6.07, 6.45) is 0.564. The van der Waals surface area contributed by atoms with Crippen LogP contribution in [0.2, 0.25) is 5.02 Å². The first-order valence-corrected chi connectivity index (χ1v) is 7.71. The molecule has 1 aromatic carbocycles. The van der Waals surface area contributed by atoms with Crippen LogP contribution in [0.15, 0.2) is 23.1 Å². The van der Waals surface area contributed by atoms with Gasteiger partial charge in [0.25, 0.3) is 5.69 Å². The lowest BCUT2D eigenvalue weighted by atomic mass is 10.3. The molecule has 0 aliphatic heterocycles. The monoisotopic (exact) mass is 322 g/mol. The normalized spacial score (nSPS) is 11.8. The number of nitro benzene ring substituents is 1. The van der Waals surface area contributed by atoms with Crippen LogP contribution in [0.5, 0.6) is 0 Å². The van der Waals surface area contributed by atoms with E-state index >= 15 is 0 Å². The van der Waals surface area contributed by atoms with Gasteiger partial charge in [0.05, 0.1) is 16.4 Å². The van der Waals surface area contributed by atoms with Gasteiger partial charge in [-0.1, -0.05) is 18.5 Å². The van der Waals surface area contributed by atoms with Gasteiger partial charge >= 0.3 is 0 Å². The molecule has 1 N–H and O–H groups in total. The molecule has 0 unspecified atom stereocenters. The number of benzene rings is 1. The van der Waals surface area contributed by atoms with E-state index in [1.165, 1.54) is 12.1 Å². The van der Waals surface area contributed by atoms with Crippen LogP contribution in [0.1, 0.15) is 13.3 Å². The number of halogens is 1. The molecule has 20 heavy (non-hydrogen) atoms. The highest BCUT2D eigenvalue weighted by Crippen LogP contribution is 2.28. The van der Waals surface area contributed by atoms with Gasteiger partial charge in [0, 0.05) is 19.2 Å². The molecule has 112 valence electrons. The molecule has 0 amide bonds. The summed E-state index contributed by atoms with van der Waals surface area (Å²) in [7, 11) is -3.89. The average molecular weight is 323 g/mol. The maximum absolute atomic E-state index is 12.3. The Hall–Kier alpha value is -1.22. The molecule has 0 saturated heterocycles. The molecule has 0 bridgehead atoms. The molecule has 0 spiro atoms. The van der Waals surface area contributed by atoms with E-state index in [1.54, 1.807) is 6.92 Å². The zero-order chi connectivity index (χ0) is 15.3. The topological polar surface area (TPSA) is 101 Å². The molecule has 0 aliphatic carbocycles. The van der Waals surface area contributed by atoms with Crippen LogP contribution in [0.25, 0.3) is 0 Å². The summed E-state index contributed by atoms with van der Waals surface area (Å²) in [4.78, 5) is 9.84. The van der Waals surface area contributed by atoms with Crippen molar-refractivity contribution in [3.8, 4) is 0 Å². The molecule has 0 saturated carbocycles. The van der Waals surface area contributed by atoms with Crippen LogP contribution in [0.3, 0.4) is 0 Å². The number of sulfonamides is 1. The summed E-state index contributed by atoms with van der Waals surface area (Å²) < 4.78 is 25.8. The first-order valence-electron chi connectivity index (χ1n) is 5.89. The molecule has 1 aromatic rings. The Labute approximate surface area is 122 Å². The fourth-order valence-electron chi connectivity index (χ4n) is 1.66. The van der Waals surface area contributed by atoms with Gasteiger partial charge in [0.1, 0.15) is 5.02 Å². The van der Waals surface area contributed by atoms with Gasteiger partial charge < -0.3 is 5.11 Å². The third-order valence-corrected chi connectivity index (χ3v) is 4.79. The Morgan fingerprint density at radius 1 is 1.40 bits per heavy atom. The summed E-state index contributed by atoms with van der Waals surface area (Å²) >= 11 is 5.65. The van der Waals surface area contributed by atoms with Crippen molar-refractivity contribution in [3.05, 3.63) is 33.3 Å². The second-order valence-electron chi connectivity index (χ2n) is 4.00. The van der Waals surface area contributed by atoms with E-state index in [-0.39, 0.29) is 29.6 Å². The number of nitro groups is 1. The summed E-state index contributed by atoms with van der Waals surface area (Å²) in [5.74, 6) is 0. The van der Waals surface area contributed by atoms with Crippen molar-refractivity contribution in [2.45, 2.75) is 18.2 Å². The van der Waals surface area contributed by atoms with Crippen molar-refractivity contribution in [2.75, 3.05) is 19.7 Å². The number of aliphatic hydroxyl groups excluding tert-OH is 1. The maximum Gasteiger partial charge on any atom is 0.289 e. The minimum atomic E-state index is -3.89. The van der Waals surface area contributed by atoms with Crippen LogP contribution in [-0.2, 0) is 10.0 Å². The van der Waals surface area contributed by atoms with E-state index in [2.05, 4.69) is 0 Å². The molecule has 0 aliphatic rings. The molecule has 0 heterocycles. The Kier molecular flexibility index (Phi) is 5.88. The van der Waals surface area contributed by atoms with E-state index < -0.39 is 20.6 Å². The number of hydrogen-bond donors (Lipinski definition) is 1. The van der Waals surface area contributed by atoms with E-state index in [0.29, 0.717) is 6.42 Å². The molecule has 0 atom stereocenters. The number of nitrogens with zero attached hydrogens (tertiary/aromatic N) is 2. The molecule has 0 radical (unpaired) electrons. The molecule has 0 fully saturated rings. The maximum atomic E-state index is 12.3. The Bertz CT molecular complexity index is 584. The Morgan fingerprint density at radius 2 is 2.05 bits per heavy atom. The molecule has 1 rings (SSSR count). The molecule has 7 nitrogen and oxygen atoms in total. The largest absolute Gasteiger partial charge is 0.395 e. The smallest absolute Gasteiger partial charge is 0.289 e. The zero-order valence-corrected chi connectivity index (χ0v) is 12.4. The summed E-state index contributed by atoms with van der Waals surface area (Å²) in [5, 5.41) is 19.6. The van der Waals surface area contributed by atoms with E-state index in [1.807, 2.05) is 0 Å². The quantitative estimate of drug-likeness (QED) is 0.607. The van der Waals surface area contributed by atoms with Crippen LogP contribution >= 0.6 is 11.6 Å². The van der Waals surface area contributed by atoms with Gasteiger partial charge in [0.2, 0.25) is 10.0 Å². The van der Waals surface area contributed by atoms with E-state index in [0.717, 1.165) is 10.4 Å².